The van der Waals surface area contributed by atoms with Gasteiger partial charge in [0.25, 0.3) is 0 Å². The summed E-state index contributed by atoms with van der Waals surface area (Å²) >= 11 is 0. The summed E-state index contributed by atoms with van der Waals surface area (Å²) in [6, 6.07) is 10.5. The first-order chi connectivity index (χ1) is 6.93. The number of halogens is 1. The van der Waals surface area contributed by atoms with Crippen LogP contribution in [-0.4, -0.2) is 6.67 Å². The minimum absolute atomic E-state index is 0.154. The van der Waals surface area contributed by atoms with Crippen LogP contribution >= 0.6 is 0 Å². The van der Waals surface area contributed by atoms with E-state index in [1.165, 1.54) is 24.8 Å². The van der Waals surface area contributed by atoms with Gasteiger partial charge in [0.1, 0.15) is 0 Å². The molecule has 0 aliphatic carbocycles. The van der Waals surface area contributed by atoms with E-state index < -0.39 is 0 Å². The fraction of sp³-hybridized carbons (Fsp3) is 0.538. The van der Waals surface area contributed by atoms with E-state index in [1.807, 2.05) is 6.07 Å². The summed E-state index contributed by atoms with van der Waals surface area (Å²) in [4.78, 5) is 0. The maximum absolute atomic E-state index is 11.8. The molecule has 0 aromatic heterocycles. The van der Waals surface area contributed by atoms with Crippen molar-refractivity contribution < 1.29 is 4.39 Å². The number of alkyl halides is 1. The van der Waals surface area contributed by atoms with Crippen molar-refractivity contribution in [2.45, 2.75) is 38.5 Å². The Bertz CT molecular complexity index is 218. The maximum atomic E-state index is 11.8. The SMILES string of the molecule is FCCCCCCCc1ccccc1. The summed E-state index contributed by atoms with van der Waals surface area (Å²) in [6.07, 6.45) is 6.59. The first-order valence-corrected chi connectivity index (χ1v) is 5.53. The van der Waals surface area contributed by atoms with Gasteiger partial charge >= 0.3 is 0 Å². The van der Waals surface area contributed by atoms with Gasteiger partial charge in [0.2, 0.25) is 0 Å². The summed E-state index contributed by atoms with van der Waals surface area (Å²) < 4.78 is 11.8. The quantitative estimate of drug-likeness (QED) is 0.572. The molecule has 1 heteroatoms. The standard InChI is InChI=1S/C13H19F/c14-12-8-3-1-2-5-9-13-10-6-4-7-11-13/h4,6-7,10-11H,1-3,5,8-9,12H2. The Kier molecular flexibility index (Phi) is 6.05. The Labute approximate surface area is 86.2 Å². The molecule has 1 aromatic rings. The normalized spacial score (nSPS) is 10.4. The Morgan fingerprint density at radius 1 is 0.786 bits per heavy atom. The van der Waals surface area contributed by atoms with Crippen molar-refractivity contribution in [3.8, 4) is 0 Å². The second-order valence-corrected chi connectivity index (χ2v) is 3.69. The van der Waals surface area contributed by atoms with Gasteiger partial charge < -0.3 is 0 Å². The molecule has 0 atom stereocenters. The molecular weight excluding hydrogens is 175 g/mol. The van der Waals surface area contributed by atoms with Gasteiger partial charge in [-0.15, -0.1) is 0 Å². The molecule has 0 saturated heterocycles. The topological polar surface area (TPSA) is 0 Å². The van der Waals surface area contributed by atoms with Crippen molar-refractivity contribution in [1.82, 2.24) is 0 Å². The highest BCUT2D eigenvalue weighted by molar-refractivity contribution is 5.14. The Balaban J connectivity index is 1.99. The fourth-order valence-corrected chi connectivity index (χ4v) is 1.60. The molecule has 0 spiro atoms. The van der Waals surface area contributed by atoms with Gasteiger partial charge in [-0.1, -0.05) is 49.6 Å². The number of benzene rings is 1. The molecule has 78 valence electrons. The molecular formula is C13H19F. The van der Waals surface area contributed by atoms with Gasteiger partial charge in [0.15, 0.2) is 0 Å². The lowest BCUT2D eigenvalue weighted by molar-refractivity contribution is 0.451. The van der Waals surface area contributed by atoms with Crippen molar-refractivity contribution in [1.29, 1.82) is 0 Å². The number of unbranched alkanes of at least 4 members (excludes halogenated alkanes) is 4. The van der Waals surface area contributed by atoms with Crippen LogP contribution in [0.2, 0.25) is 0 Å². The molecule has 14 heavy (non-hydrogen) atoms. The molecule has 0 N–H and O–H groups in total. The number of rotatable bonds is 7. The molecule has 0 saturated carbocycles. The molecule has 0 nitrogen and oxygen atoms in total. The van der Waals surface area contributed by atoms with E-state index in [4.69, 9.17) is 0 Å². The van der Waals surface area contributed by atoms with Crippen molar-refractivity contribution in [2.24, 2.45) is 0 Å². The van der Waals surface area contributed by atoms with Crippen LogP contribution in [0.1, 0.15) is 37.7 Å². The monoisotopic (exact) mass is 194 g/mol. The minimum Gasteiger partial charge on any atom is -0.251 e. The highest BCUT2D eigenvalue weighted by Crippen LogP contribution is 2.08. The lowest BCUT2D eigenvalue weighted by Crippen LogP contribution is -1.85. The largest absolute Gasteiger partial charge is 0.251 e. The highest BCUT2D eigenvalue weighted by atomic mass is 19.1. The zero-order chi connectivity index (χ0) is 10.1. The molecule has 0 aliphatic rings. The van der Waals surface area contributed by atoms with Crippen LogP contribution in [0.3, 0.4) is 0 Å². The van der Waals surface area contributed by atoms with E-state index in [2.05, 4.69) is 24.3 Å². The van der Waals surface area contributed by atoms with Gasteiger partial charge in [0.05, 0.1) is 6.67 Å². The van der Waals surface area contributed by atoms with Gasteiger partial charge in [-0.25, -0.2) is 0 Å². The maximum Gasteiger partial charge on any atom is 0.0894 e. The first kappa shape index (κ1) is 11.2. The molecule has 0 radical (unpaired) electrons. The summed E-state index contributed by atoms with van der Waals surface area (Å²) in [5, 5.41) is 0. The van der Waals surface area contributed by atoms with Crippen molar-refractivity contribution in [2.75, 3.05) is 6.67 Å². The Hall–Kier alpha value is -0.850. The molecule has 1 rings (SSSR count). The average Bonchev–Trinajstić information content (AvgIpc) is 2.25. The number of hydrogen-bond acceptors (Lipinski definition) is 0. The van der Waals surface area contributed by atoms with Gasteiger partial charge in [-0.2, -0.15) is 0 Å². The predicted octanol–water partition coefficient (Wildman–Crippen LogP) is 4.15. The van der Waals surface area contributed by atoms with Gasteiger partial charge in [-0.3, -0.25) is 4.39 Å². The zero-order valence-corrected chi connectivity index (χ0v) is 8.71. The molecule has 0 fully saturated rings. The minimum atomic E-state index is -0.154. The molecule has 0 aliphatic heterocycles. The molecule has 1 aromatic carbocycles. The summed E-state index contributed by atoms with van der Waals surface area (Å²) in [6.45, 7) is -0.154. The summed E-state index contributed by atoms with van der Waals surface area (Å²) in [7, 11) is 0. The van der Waals surface area contributed by atoms with E-state index in [1.54, 1.807) is 0 Å². The van der Waals surface area contributed by atoms with E-state index in [-0.39, 0.29) is 6.67 Å². The van der Waals surface area contributed by atoms with E-state index >= 15 is 0 Å². The van der Waals surface area contributed by atoms with Crippen LogP contribution in [-0.2, 0) is 6.42 Å². The lowest BCUT2D eigenvalue weighted by Gasteiger charge is -2.00. The van der Waals surface area contributed by atoms with Crippen LogP contribution < -0.4 is 0 Å². The van der Waals surface area contributed by atoms with Crippen LogP contribution in [0.4, 0.5) is 4.39 Å². The summed E-state index contributed by atoms with van der Waals surface area (Å²) in [5.74, 6) is 0. The fourth-order valence-electron chi connectivity index (χ4n) is 1.60. The van der Waals surface area contributed by atoms with Crippen LogP contribution in [0, 0.1) is 0 Å². The van der Waals surface area contributed by atoms with Crippen LogP contribution in [0.5, 0.6) is 0 Å². The van der Waals surface area contributed by atoms with Crippen molar-refractivity contribution in [3.05, 3.63) is 35.9 Å². The van der Waals surface area contributed by atoms with E-state index in [0.717, 1.165) is 19.3 Å². The average molecular weight is 194 g/mol. The molecule has 0 amide bonds. The van der Waals surface area contributed by atoms with Crippen LogP contribution in [0.15, 0.2) is 30.3 Å². The zero-order valence-electron chi connectivity index (χ0n) is 8.71. The van der Waals surface area contributed by atoms with Gasteiger partial charge in [0, 0.05) is 0 Å². The first-order valence-electron chi connectivity index (χ1n) is 5.53. The van der Waals surface area contributed by atoms with Crippen molar-refractivity contribution >= 4 is 0 Å². The van der Waals surface area contributed by atoms with E-state index in [0.29, 0.717) is 0 Å². The third-order valence-electron chi connectivity index (χ3n) is 2.44. The van der Waals surface area contributed by atoms with E-state index in [9.17, 15) is 4.39 Å². The number of aryl methyl sites for hydroxylation is 1. The Morgan fingerprint density at radius 3 is 2.14 bits per heavy atom. The molecule has 0 unspecified atom stereocenters. The third-order valence-corrected chi connectivity index (χ3v) is 2.44. The second-order valence-electron chi connectivity index (χ2n) is 3.69. The molecule has 0 heterocycles. The van der Waals surface area contributed by atoms with Crippen LogP contribution in [0.25, 0.3) is 0 Å². The summed E-state index contributed by atoms with van der Waals surface area (Å²) in [5.41, 5.74) is 1.41. The second kappa shape index (κ2) is 7.54. The van der Waals surface area contributed by atoms with Crippen molar-refractivity contribution in [3.63, 3.8) is 0 Å². The smallest absolute Gasteiger partial charge is 0.0894 e. The predicted molar refractivity (Wildman–Crippen MR) is 59.2 cm³/mol. The Morgan fingerprint density at radius 2 is 1.43 bits per heavy atom. The third kappa shape index (κ3) is 5.00. The highest BCUT2D eigenvalue weighted by Gasteiger charge is 1.92. The van der Waals surface area contributed by atoms with Gasteiger partial charge in [-0.05, 0) is 24.8 Å². The lowest BCUT2D eigenvalue weighted by atomic mass is 10.1. The molecule has 0 bridgehead atoms. The number of hydrogen-bond donors (Lipinski definition) is 0.